The van der Waals surface area contributed by atoms with E-state index < -0.39 is 0 Å². The van der Waals surface area contributed by atoms with Crippen LogP contribution in [0.5, 0.6) is 11.6 Å². The van der Waals surface area contributed by atoms with Crippen LogP contribution in [0.25, 0.3) is 0 Å². The summed E-state index contributed by atoms with van der Waals surface area (Å²) in [5.41, 5.74) is 5.62. The van der Waals surface area contributed by atoms with Crippen LogP contribution in [-0.2, 0) is 7.05 Å². The molecule has 1 aromatic heterocycles. The molecule has 2 N–H and O–H groups in total. The van der Waals surface area contributed by atoms with Crippen molar-refractivity contribution in [3.8, 4) is 11.6 Å². The first-order valence-corrected chi connectivity index (χ1v) is 5.68. The van der Waals surface area contributed by atoms with Crippen molar-refractivity contribution in [2.75, 3.05) is 5.73 Å². The van der Waals surface area contributed by atoms with Gasteiger partial charge in [-0.05, 0) is 6.07 Å². The third kappa shape index (κ3) is 2.42. The first-order valence-electron chi connectivity index (χ1n) is 4.93. The molecule has 18 heavy (non-hydrogen) atoms. The van der Waals surface area contributed by atoms with Crippen LogP contribution in [-0.4, -0.2) is 9.55 Å². The van der Waals surface area contributed by atoms with Gasteiger partial charge < -0.3 is 15.0 Å². The predicted molar refractivity (Wildman–Crippen MR) is 70.4 cm³/mol. The number of aromatic nitrogens is 2. The molecule has 0 radical (unpaired) electrons. The number of halogens is 2. The van der Waals surface area contributed by atoms with Gasteiger partial charge in [-0.2, -0.15) is 0 Å². The molecule has 0 fully saturated rings. The summed E-state index contributed by atoms with van der Waals surface area (Å²) in [7, 11) is 1.59. The molecule has 0 aliphatic rings. The van der Waals surface area contributed by atoms with Gasteiger partial charge in [-0.25, -0.2) is 4.98 Å². The topological polar surface area (TPSA) is 70.1 Å². The zero-order valence-corrected chi connectivity index (χ0v) is 10.9. The van der Waals surface area contributed by atoms with Gasteiger partial charge in [0.15, 0.2) is 5.75 Å². The molecule has 1 heterocycles. The van der Waals surface area contributed by atoms with Crippen molar-refractivity contribution in [3.05, 3.63) is 44.9 Å². The molecule has 5 nitrogen and oxygen atoms in total. The number of ether oxygens (including phenoxy) is 1. The molecule has 2 rings (SSSR count). The van der Waals surface area contributed by atoms with Gasteiger partial charge in [0.25, 0.3) is 5.88 Å². The van der Waals surface area contributed by atoms with Gasteiger partial charge in [0.2, 0.25) is 0 Å². The average molecular weight is 286 g/mol. The third-order valence-corrected chi connectivity index (χ3v) is 2.97. The molecule has 0 bridgehead atoms. The minimum absolute atomic E-state index is 0.0786. The monoisotopic (exact) mass is 285 g/mol. The maximum absolute atomic E-state index is 11.7. The highest BCUT2D eigenvalue weighted by Crippen LogP contribution is 2.33. The molecule has 1 aromatic carbocycles. The standard InChI is InChI=1S/C11H9Cl2N3O2/c1-16-3-2-15-10(11(16)17)18-9-5-7(13)6(12)4-8(9)14/h2-5H,14H2,1H3. The zero-order valence-electron chi connectivity index (χ0n) is 9.35. The molecular weight excluding hydrogens is 277 g/mol. The molecule has 0 saturated carbocycles. The molecule has 0 amide bonds. The second-order valence-corrected chi connectivity index (χ2v) is 4.37. The Morgan fingerprint density at radius 3 is 2.72 bits per heavy atom. The summed E-state index contributed by atoms with van der Waals surface area (Å²) >= 11 is 11.6. The van der Waals surface area contributed by atoms with E-state index in [2.05, 4.69) is 4.98 Å². The molecule has 0 spiro atoms. The molecule has 0 aliphatic heterocycles. The average Bonchev–Trinajstić information content (AvgIpc) is 2.32. The maximum Gasteiger partial charge on any atom is 0.313 e. The fourth-order valence-corrected chi connectivity index (χ4v) is 1.61. The largest absolute Gasteiger partial charge is 0.432 e. The maximum atomic E-state index is 11.7. The summed E-state index contributed by atoms with van der Waals surface area (Å²) in [6.07, 6.45) is 2.97. The van der Waals surface area contributed by atoms with Gasteiger partial charge in [-0.1, -0.05) is 23.2 Å². The second-order valence-electron chi connectivity index (χ2n) is 3.55. The number of nitrogens with zero attached hydrogens (tertiary/aromatic N) is 2. The zero-order chi connectivity index (χ0) is 13.3. The summed E-state index contributed by atoms with van der Waals surface area (Å²) in [4.78, 5) is 15.6. The van der Waals surface area contributed by atoms with Crippen LogP contribution in [0.4, 0.5) is 5.69 Å². The van der Waals surface area contributed by atoms with E-state index in [1.54, 1.807) is 7.05 Å². The van der Waals surface area contributed by atoms with E-state index in [1.807, 2.05) is 0 Å². The van der Waals surface area contributed by atoms with Gasteiger partial charge in [0.05, 0.1) is 15.7 Å². The Morgan fingerprint density at radius 2 is 2.00 bits per heavy atom. The first kappa shape index (κ1) is 12.7. The van der Waals surface area contributed by atoms with Crippen LogP contribution in [0.3, 0.4) is 0 Å². The Balaban J connectivity index is 2.43. The Bertz CT molecular complexity index is 655. The highest BCUT2D eigenvalue weighted by molar-refractivity contribution is 6.42. The van der Waals surface area contributed by atoms with Gasteiger partial charge in [0, 0.05) is 25.5 Å². The minimum Gasteiger partial charge on any atom is -0.432 e. The van der Waals surface area contributed by atoms with Crippen LogP contribution < -0.4 is 16.0 Å². The summed E-state index contributed by atoms with van der Waals surface area (Å²) in [6.45, 7) is 0. The highest BCUT2D eigenvalue weighted by Gasteiger charge is 2.10. The molecule has 94 valence electrons. The van der Waals surface area contributed by atoms with E-state index >= 15 is 0 Å². The van der Waals surface area contributed by atoms with E-state index in [0.29, 0.717) is 5.02 Å². The van der Waals surface area contributed by atoms with Gasteiger partial charge in [0.1, 0.15) is 0 Å². The smallest absolute Gasteiger partial charge is 0.313 e. The summed E-state index contributed by atoms with van der Waals surface area (Å²) < 4.78 is 6.69. The Kier molecular flexibility index (Phi) is 3.45. The van der Waals surface area contributed by atoms with Gasteiger partial charge in [-0.3, -0.25) is 4.79 Å². The molecule has 0 unspecified atom stereocenters. The van der Waals surface area contributed by atoms with E-state index in [-0.39, 0.29) is 27.9 Å². The molecule has 7 heteroatoms. The third-order valence-electron chi connectivity index (χ3n) is 2.24. The predicted octanol–water partition coefficient (Wildman–Crippen LogP) is 2.46. The van der Waals surface area contributed by atoms with Crippen molar-refractivity contribution >= 4 is 28.9 Å². The Hall–Kier alpha value is -1.72. The quantitative estimate of drug-likeness (QED) is 0.861. The summed E-state index contributed by atoms with van der Waals surface area (Å²) in [5, 5.41) is 0.601. The number of benzene rings is 1. The van der Waals surface area contributed by atoms with Crippen molar-refractivity contribution < 1.29 is 4.74 Å². The number of nitrogens with two attached hydrogens (primary N) is 1. The number of hydrogen-bond donors (Lipinski definition) is 1. The fraction of sp³-hybridized carbons (Fsp3) is 0.0909. The van der Waals surface area contributed by atoms with Crippen molar-refractivity contribution in [1.82, 2.24) is 9.55 Å². The SMILES string of the molecule is Cn1ccnc(Oc2cc(Cl)c(Cl)cc2N)c1=O. The number of nitrogen functional groups attached to an aromatic ring is 1. The number of aryl methyl sites for hydroxylation is 1. The van der Waals surface area contributed by atoms with Crippen molar-refractivity contribution in [3.63, 3.8) is 0 Å². The Labute approximate surface area is 113 Å². The van der Waals surface area contributed by atoms with E-state index in [4.69, 9.17) is 33.7 Å². The number of rotatable bonds is 2. The van der Waals surface area contributed by atoms with Crippen molar-refractivity contribution in [1.29, 1.82) is 0 Å². The van der Waals surface area contributed by atoms with E-state index in [9.17, 15) is 4.79 Å². The summed E-state index contributed by atoms with van der Waals surface area (Å²) in [6, 6.07) is 2.89. The van der Waals surface area contributed by atoms with Crippen LogP contribution in [0.15, 0.2) is 29.3 Å². The second kappa shape index (κ2) is 4.88. The number of anilines is 1. The lowest BCUT2D eigenvalue weighted by Gasteiger charge is -2.08. The van der Waals surface area contributed by atoms with Gasteiger partial charge in [-0.15, -0.1) is 0 Å². The van der Waals surface area contributed by atoms with Crippen molar-refractivity contribution in [2.24, 2.45) is 7.05 Å². The Morgan fingerprint density at radius 1 is 1.33 bits per heavy atom. The van der Waals surface area contributed by atoms with Crippen LogP contribution in [0.1, 0.15) is 0 Å². The lowest BCUT2D eigenvalue weighted by atomic mass is 10.3. The fourth-order valence-electron chi connectivity index (χ4n) is 1.28. The van der Waals surface area contributed by atoms with Crippen LogP contribution >= 0.6 is 23.2 Å². The van der Waals surface area contributed by atoms with Crippen molar-refractivity contribution in [2.45, 2.75) is 0 Å². The molecular formula is C11H9Cl2N3O2. The van der Waals surface area contributed by atoms with E-state index in [1.165, 1.54) is 29.1 Å². The lowest BCUT2D eigenvalue weighted by molar-refractivity contribution is 0.451. The van der Waals surface area contributed by atoms with Gasteiger partial charge >= 0.3 is 5.56 Å². The molecule has 0 aliphatic carbocycles. The molecule has 0 atom stereocenters. The lowest BCUT2D eigenvalue weighted by Crippen LogP contribution is -2.18. The van der Waals surface area contributed by atoms with Crippen LogP contribution in [0.2, 0.25) is 10.0 Å². The van der Waals surface area contributed by atoms with Crippen LogP contribution in [0, 0.1) is 0 Å². The van der Waals surface area contributed by atoms with E-state index in [0.717, 1.165) is 0 Å². The molecule has 2 aromatic rings. The summed E-state index contributed by atoms with van der Waals surface area (Å²) in [5.74, 6) is 0.158. The highest BCUT2D eigenvalue weighted by atomic mass is 35.5. The molecule has 0 saturated heterocycles. The minimum atomic E-state index is -0.372. The normalized spacial score (nSPS) is 10.4. The number of hydrogen-bond acceptors (Lipinski definition) is 4. The first-order chi connectivity index (χ1) is 8.49.